The van der Waals surface area contributed by atoms with E-state index in [9.17, 15) is 9.59 Å². The summed E-state index contributed by atoms with van der Waals surface area (Å²) >= 11 is 1.22. The summed E-state index contributed by atoms with van der Waals surface area (Å²) < 4.78 is 4.95. The van der Waals surface area contributed by atoms with Crippen LogP contribution in [0.1, 0.15) is 16.6 Å². The zero-order chi connectivity index (χ0) is 13.8. The van der Waals surface area contributed by atoms with Gasteiger partial charge in [0.15, 0.2) is 0 Å². The van der Waals surface area contributed by atoms with Gasteiger partial charge in [0, 0.05) is 37.2 Å². The molecule has 0 unspecified atom stereocenters. The highest BCUT2D eigenvalue weighted by Crippen LogP contribution is 2.24. The van der Waals surface area contributed by atoms with Crippen molar-refractivity contribution in [2.24, 2.45) is 0 Å². The fraction of sp³-hybridized carbons (Fsp3) is 0.500. The molecule has 1 aliphatic rings. The van der Waals surface area contributed by atoms with E-state index in [1.54, 1.807) is 17.9 Å². The standard InChI is InChI=1S/C12H16N2O4S/c1-2-18-12(17)14-5-3-13(4-6-14)9-7-10(11(15)16)19-8-9/h7-8H,2-6H2,1H3,(H,15,16). The quantitative estimate of drug-likeness (QED) is 0.915. The third kappa shape index (κ3) is 3.17. The summed E-state index contributed by atoms with van der Waals surface area (Å²) in [6.07, 6.45) is -0.279. The molecular formula is C12H16N2O4S. The highest BCUT2D eigenvalue weighted by molar-refractivity contribution is 7.12. The van der Waals surface area contributed by atoms with E-state index in [0.717, 1.165) is 5.69 Å². The Morgan fingerprint density at radius 2 is 2.05 bits per heavy atom. The second kappa shape index (κ2) is 5.92. The second-order valence-corrected chi connectivity index (χ2v) is 5.06. The predicted octanol–water partition coefficient (Wildman–Crippen LogP) is 1.72. The molecule has 0 saturated carbocycles. The summed E-state index contributed by atoms with van der Waals surface area (Å²) in [6.45, 7) is 4.73. The van der Waals surface area contributed by atoms with Gasteiger partial charge in [0.1, 0.15) is 4.88 Å². The Morgan fingerprint density at radius 3 is 2.58 bits per heavy atom. The normalized spacial score (nSPS) is 15.4. The summed E-state index contributed by atoms with van der Waals surface area (Å²) in [4.78, 5) is 26.5. The monoisotopic (exact) mass is 284 g/mol. The van der Waals surface area contributed by atoms with Crippen molar-refractivity contribution < 1.29 is 19.4 Å². The molecule has 1 fully saturated rings. The van der Waals surface area contributed by atoms with Gasteiger partial charge in [-0.2, -0.15) is 0 Å². The minimum absolute atomic E-state index is 0.279. The van der Waals surface area contributed by atoms with Gasteiger partial charge < -0.3 is 19.6 Å². The fourth-order valence-electron chi connectivity index (χ4n) is 1.97. The average Bonchev–Trinajstić information content (AvgIpc) is 2.89. The first-order valence-electron chi connectivity index (χ1n) is 6.10. The summed E-state index contributed by atoms with van der Waals surface area (Å²) in [7, 11) is 0. The minimum atomic E-state index is -0.901. The smallest absolute Gasteiger partial charge is 0.409 e. The number of carboxylic acid groups (broad SMARTS) is 1. The molecule has 1 N–H and O–H groups in total. The largest absolute Gasteiger partial charge is 0.477 e. The molecule has 0 spiro atoms. The van der Waals surface area contributed by atoms with Crippen LogP contribution in [0.3, 0.4) is 0 Å². The third-order valence-electron chi connectivity index (χ3n) is 2.97. The van der Waals surface area contributed by atoms with Crippen LogP contribution >= 0.6 is 11.3 Å². The van der Waals surface area contributed by atoms with E-state index in [0.29, 0.717) is 37.7 Å². The van der Waals surface area contributed by atoms with Gasteiger partial charge in [-0.1, -0.05) is 0 Å². The molecule has 104 valence electrons. The number of carbonyl (C=O) groups excluding carboxylic acids is 1. The lowest BCUT2D eigenvalue weighted by Crippen LogP contribution is -2.48. The van der Waals surface area contributed by atoms with Crippen molar-refractivity contribution in [3.63, 3.8) is 0 Å². The van der Waals surface area contributed by atoms with Crippen LogP contribution in [-0.4, -0.2) is 54.9 Å². The van der Waals surface area contributed by atoms with Crippen molar-refractivity contribution in [3.05, 3.63) is 16.3 Å². The van der Waals surface area contributed by atoms with Crippen LogP contribution in [0.4, 0.5) is 10.5 Å². The summed E-state index contributed by atoms with van der Waals surface area (Å²) in [5.74, 6) is -0.901. The highest BCUT2D eigenvalue weighted by atomic mass is 32.1. The van der Waals surface area contributed by atoms with Crippen LogP contribution in [-0.2, 0) is 4.74 Å². The van der Waals surface area contributed by atoms with Gasteiger partial charge >= 0.3 is 12.1 Å². The van der Waals surface area contributed by atoms with E-state index in [1.807, 2.05) is 5.38 Å². The molecule has 0 aromatic carbocycles. The van der Waals surface area contributed by atoms with Crippen LogP contribution in [0.15, 0.2) is 11.4 Å². The van der Waals surface area contributed by atoms with Gasteiger partial charge in [-0.3, -0.25) is 0 Å². The first-order chi connectivity index (χ1) is 9.11. The van der Waals surface area contributed by atoms with E-state index in [2.05, 4.69) is 4.90 Å². The predicted molar refractivity (Wildman–Crippen MR) is 72.1 cm³/mol. The number of aromatic carboxylic acids is 1. The number of anilines is 1. The number of nitrogens with zero attached hydrogens (tertiary/aromatic N) is 2. The highest BCUT2D eigenvalue weighted by Gasteiger charge is 2.23. The maximum Gasteiger partial charge on any atom is 0.409 e. The molecule has 6 nitrogen and oxygen atoms in total. The van der Waals surface area contributed by atoms with E-state index < -0.39 is 5.97 Å². The first-order valence-corrected chi connectivity index (χ1v) is 6.98. The number of ether oxygens (including phenoxy) is 1. The van der Waals surface area contributed by atoms with Crippen molar-refractivity contribution in [3.8, 4) is 0 Å². The number of rotatable bonds is 3. The summed E-state index contributed by atoms with van der Waals surface area (Å²) in [5, 5.41) is 10.7. The zero-order valence-electron chi connectivity index (χ0n) is 10.7. The number of hydrogen-bond donors (Lipinski definition) is 1. The molecule has 1 saturated heterocycles. The molecule has 19 heavy (non-hydrogen) atoms. The molecule has 2 rings (SSSR count). The SMILES string of the molecule is CCOC(=O)N1CCN(c2csc(C(=O)O)c2)CC1. The molecular weight excluding hydrogens is 268 g/mol. The maximum absolute atomic E-state index is 11.5. The molecule has 1 aromatic heterocycles. The van der Waals surface area contributed by atoms with Gasteiger partial charge in [0.25, 0.3) is 0 Å². The molecule has 1 amide bonds. The Bertz CT molecular complexity index is 466. The molecule has 0 atom stereocenters. The lowest BCUT2D eigenvalue weighted by Gasteiger charge is -2.34. The third-order valence-corrected chi connectivity index (χ3v) is 3.87. The number of amides is 1. The number of carboxylic acids is 1. The van der Waals surface area contributed by atoms with E-state index in [4.69, 9.17) is 9.84 Å². The van der Waals surface area contributed by atoms with Crippen LogP contribution < -0.4 is 4.90 Å². The zero-order valence-corrected chi connectivity index (χ0v) is 11.5. The molecule has 0 radical (unpaired) electrons. The molecule has 0 bridgehead atoms. The van der Waals surface area contributed by atoms with E-state index in [-0.39, 0.29) is 6.09 Å². The van der Waals surface area contributed by atoms with Gasteiger partial charge in [0.2, 0.25) is 0 Å². The summed E-state index contributed by atoms with van der Waals surface area (Å²) in [5.41, 5.74) is 0.908. The van der Waals surface area contributed by atoms with Crippen molar-refractivity contribution in [1.29, 1.82) is 0 Å². The van der Waals surface area contributed by atoms with Crippen LogP contribution in [0.2, 0.25) is 0 Å². The van der Waals surface area contributed by atoms with Crippen LogP contribution in [0.25, 0.3) is 0 Å². The minimum Gasteiger partial charge on any atom is -0.477 e. The van der Waals surface area contributed by atoms with E-state index >= 15 is 0 Å². The van der Waals surface area contributed by atoms with Gasteiger partial charge in [-0.05, 0) is 13.0 Å². The molecule has 1 aliphatic heterocycles. The van der Waals surface area contributed by atoms with Crippen LogP contribution in [0.5, 0.6) is 0 Å². The van der Waals surface area contributed by atoms with Crippen molar-refractivity contribution in [2.45, 2.75) is 6.92 Å². The fourth-order valence-corrected chi connectivity index (χ4v) is 2.72. The van der Waals surface area contributed by atoms with Gasteiger partial charge in [-0.25, -0.2) is 9.59 Å². The number of carbonyl (C=O) groups is 2. The van der Waals surface area contributed by atoms with Crippen molar-refractivity contribution in [1.82, 2.24) is 4.90 Å². The molecule has 0 aliphatic carbocycles. The lowest BCUT2D eigenvalue weighted by atomic mass is 10.3. The Kier molecular flexibility index (Phi) is 4.26. The Hall–Kier alpha value is -1.76. The van der Waals surface area contributed by atoms with Crippen molar-refractivity contribution in [2.75, 3.05) is 37.7 Å². The van der Waals surface area contributed by atoms with Gasteiger partial charge in [-0.15, -0.1) is 11.3 Å². The molecule has 2 heterocycles. The topological polar surface area (TPSA) is 70.1 Å². The molecule has 1 aromatic rings. The lowest BCUT2D eigenvalue weighted by molar-refractivity contribution is 0.0702. The van der Waals surface area contributed by atoms with Crippen molar-refractivity contribution >= 4 is 29.1 Å². The van der Waals surface area contributed by atoms with Crippen LogP contribution in [0, 0.1) is 0 Å². The number of piperazine rings is 1. The Morgan fingerprint density at radius 1 is 1.37 bits per heavy atom. The van der Waals surface area contributed by atoms with Gasteiger partial charge in [0.05, 0.1) is 6.61 Å². The number of hydrogen-bond acceptors (Lipinski definition) is 5. The maximum atomic E-state index is 11.5. The second-order valence-electron chi connectivity index (χ2n) is 4.15. The average molecular weight is 284 g/mol. The first kappa shape index (κ1) is 13.7. The molecule has 7 heteroatoms. The number of thiophene rings is 1. The summed E-state index contributed by atoms with van der Waals surface area (Å²) in [6, 6.07) is 1.67. The Balaban J connectivity index is 1.92. The van der Waals surface area contributed by atoms with E-state index in [1.165, 1.54) is 11.3 Å². The Labute approximate surface area is 115 Å².